The Morgan fingerprint density at radius 1 is 0.561 bits per heavy atom. The number of hydrogen-bond acceptors (Lipinski definition) is 0. The fourth-order valence-corrected chi connectivity index (χ4v) is 8.63. The minimum absolute atomic E-state index is 0.563. The normalized spacial score (nSPS) is 17.2. The zero-order valence-electron chi connectivity index (χ0n) is 23.0. The van der Waals surface area contributed by atoms with Crippen LogP contribution in [0, 0.1) is 0 Å². The van der Waals surface area contributed by atoms with Gasteiger partial charge >= 0.3 is 0 Å². The summed E-state index contributed by atoms with van der Waals surface area (Å²) < 4.78 is 2.56. The highest BCUT2D eigenvalue weighted by atomic mass is 14.9. The molecule has 1 atom stereocenters. The first-order valence-electron chi connectivity index (χ1n) is 15.2. The number of aromatic nitrogens is 1. The van der Waals surface area contributed by atoms with Crippen LogP contribution in [0.15, 0.2) is 103 Å². The molecule has 1 nitrogen and oxygen atoms in total. The van der Waals surface area contributed by atoms with Gasteiger partial charge in [-0.05, 0) is 100 Å². The monoisotopic (exact) mass is 523 g/mol. The standard InChI is InChI=1S/C40H29N/c1-3-10-28-24(8-1)16-17-27-22-25-9-2-4-11-29(25)39-30(19-20-32(28)38(27)39)26-18-21-37-35(23-26)34-14-7-13-33-31-12-5-6-15-36(31)41(37)40(33)34/h1-15,19-20,23,27H,16-18,21-22H2. The van der Waals surface area contributed by atoms with Gasteiger partial charge in [-0.15, -0.1) is 0 Å². The van der Waals surface area contributed by atoms with E-state index in [1.54, 1.807) is 5.56 Å². The van der Waals surface area contributed by atoms with E-state index >= 15 is 0 Å². The minimum Gasteiger partial charge on any atom is -0.312 e. The van der Waals surface area contributed by atoms with Crippen molar-refractivity contribution in [1.29, 1.82) is 0 Å². The molecule has 1 unspecified atom stereocenters. The van der Waals surface area contributed by atoms with E-state index in [9.17, 15) is 0 Å². The number of hydrogen-bond donors (Lipinski definition) is 0. The number of fused-ring (bicyclic) bond motifs is 10. The Kier molecular flexibility index (Phi) is 4.31. The highest BCUT2D eigenvalue weighted by Gasteiger charge is 2.33. The second-order valence-electron chi connectivity index (χ2n) is 12.3. The Hall–Kier alpha value is -4.62. The number of para-hydroxylation sites is 2. The van der Waals surface area contributed by atoms with Crippen molar-refractivity contribution in [3.63, 3.8) is 0 Å². The van der Waals surface area contributed by atoms with Gasteiger partial charge in [0, 0.05) is 27.4 Å². The second-order valence-corrected chi connectivity index (χ2v) is 12.3. The van der Waals surface area contributed by atoms with Crippen molar-refractivity contribution in [1.82, 2.24) is 4.40 Å². The van der Waals surface area contributed by atoms with Crippen LogP contribution in [0.4, 0.5) is 0 Å². The highest BCUT2D eigenvalue weighted by molar-refractivity contribution is 6.17. The number of rotatable bonds is 1. The van der Waals surface area contributed by atoms with Gasteiger partial charge in [-0.3, -0.25) is 0 Å². The van der Waals surface area contributed by atoms with Crippen LogP contribution in [0.25, 0.3) is 61.1 Å². The third-order valence-electron chi connectivity index (χ3n) is 10.3. The Labute approximate surface area is 239 Å². The van der Waals surface area contributed by atoms with Crippen LogP contribution in [-0.2, 0) is 19.3 Å². The summed E-state index contributed by atoms with van der Waals surface area (Å²) in [6.45, 7) is 0. The molecule has 0 saturated heterocycles. The Bertz CT molecular complexity index is 2240. The first kappa shape index (κ1) is 22.1. The lowest BCUT2D eigenvalue weighted by Gasteiger charge is -2.32. The van der Waals surface area contributed by atoms with Crippen LogP contribution in [0.5, 0.6) is 0 Å². The molecule has 1 heteroatoms. The van der Waals surface area contributed by atoms with E-state index < -0.39 is 0 Å². The lowest BCUT2D eigenvalue weighted by Crippen LogP contribution is -2.14. The van der Waals surface area contributed by atoms with E-state index in [2.05, 4.69) is 114 Å². The summed E-state index contributed by atoms with van der Waals surface area (Å²) in [4.78, 5) is 0. The van der Waals surface area contributed by atoms with Crippen molar-refractivity contribution < 1.29 is 0 Å². The summed E-state index contributed by atoms with van der Waals surface area (Å²) in [5.41, 5.74) is 19.0. The van der Waals surface area contributed by atoms with Crippen molar-refractivity contribution >= 4 is 38.8 Å². The number of allylic oxidation sites excluding steroid dienone is 1. The topological polar surface area (TPSA) is 4.41 Å². The summed E-state index contributed by atoms with van der Waals surface area (Å²) in [5, 5.41) is 4.13. The van der Waals surface area contributed by atoms with Gasteiger partial charge < -0.3 is 4.40 Å². The van der Waals surface area contributed by atoms with Gasteiger partial charge in [-0.2, -0.15) is 0 Å². The lowest BCUT2D eigenvalue weighted by atomic mass is 9.72. The van der Waals surface area contributed by atoms with Crippen LogP contribution >= 0.6 is 0 Å². The highest BCUT2D eigenvalue weighted by Crippen LogP contribution is 2.52. The van der Waals surface area contributed by atoms with E-state index in [1.165, 1.54) is 89.4 Å². The molecule has 0 aliphatic heterocycles. The van der Waals surface area contributed by atoms with Crippen molar-refractivity contribution in [2.75, 3.05) is 0 Å². The molecular formula is C40H29N. The van der Waals surface area contributed by atoms with E-state index in [0.29, 0.717) is 5.92 Å². The molecule has 3 aliphatic rings. The molecule has 0 fully saturated rings. The maximum absolute atomic E-state index is 2.56. The van der Waals surface area contributed by atoms with Crippen LogP contribution in [0.1, 0.15) is 52.3 Å². The van der Waals surface area contributed by atoms with E-state index in [1.807, 2.05) is 0 Å². The molecule has 2 heterocycles. The molecule has 0 amide bonds. The molecule has 7 aromatic rings. The second kappa shape index (κ2) is 7.98. The minimum atomic E-state index is 0.563. The molecule has 10 rings (SSSR count). The van der Waals surface area contributed by atoms with Crippen LogP contribution in [-0.4, -0.2) is 4.40 Å². The smallest absolute Gasteiger partial charge is 0.0617 e. The third kappa shape index (κ3) is 2.86. The first-order chi connectivity index (χ1) is 20.3. The molecule has 41 heavy (non-hydrogen) atoms. The lowest BCUT2D eigenvalue weighted by molar-refractivity contribution is 0.623. The maximum atomic E-state index is 2.56. The fourth-order valence-electron chi connectivity index (χ4n) is 8.63. The van der Waals surface area contributed by atoms with Crippen molar-refractivity contribution in [3.05, 3.63) is 137 Å². The SMILES string of the molecule is C1=C(c2ccc3c4c2-c2ccccc2CC4CCc2ccccc2-3)CCc2c1c1cccc3c4ccccc4n2c13. The van der Waals surface area contributed by atoms with Gasteiger partial charge in [-0.25, -0.2) is 0 Å². The van der Waals surface area contributed by atoms with Crippen molar-refractivity contribution in [2.45, 2.75) is 38.0 Å². The predicted octanol–water partition coefficient (Wildman–Crippen LogP) is 10.1. The summed E-state index contributed by atoms with van der Waals surface area (Å²) in [6, 6.07) is 39.0. The molecule has 3 aliphatic carbocycles. The molecule has 5 aromatic carbocycles. The summed E-state index contributed by atoms with van der Waals surface area (Å²) >= 11 is 0. The van der Waals surface area contributed by atoms with Gasteiger partial charge in [0.1, 0.15) is 0 Å². The Morgan fingerprint density at radius 2 is 1.32 bits per heavy atom. The van der Waals surface area contributed by atoms with E-state index in [4.69, 9.17) is 0 Å². The molecule has 0 spiro atoms. The number of benzene rings is 5. The van der Waals surface area contributed by atoms with Crippen LogP contribution in [0.2, 0.25) is 0 Å². The first-order valence-corrected chi connectivity index (χ1v) is 15.2. The van der Waals surface area contributed by atoms with Gasteiger partial charge in [0.2, 0.25) is 0 Å². The maximum Gasteiger partial charge on any atom is 0.0617 e. The van der Waals surface area contributed by atoms with Crippen molar-refractivity contribution in [3.8, 4) is 22.3 Å². The summed E-state index contributed by atoms with van der Waals surface area (Å²) in [7, 11) is 0. The molecular weight excluding hydrogens is 494 g/mol. The number of nitrogens with zero attached hydrogens (tertiary/aromatic N) is 1. The quantitative estimate of drug-likeness (QED) is 0.202. The largest absolute Gasteiger partial charge is 0.312 e. The molecule has 0 radical (unpaired) electrons. The average Bonchev–Trinajstić information content (AvgIpc) is 3.49. The summed E-state index contributed by atoms with van der Waals surface area (Å²) in [6.07, 6.45) is 8.19. The van der Waals surface area contributed by atoms with Gasteiger partial charge in [0.05, 0.1) is 11.0 Å². The summed E-state index contributed by atoms with van der Waals surface area (Å²) in [5.74, 6) is 0.563. The predicted molar refractivity (Wildman–Crippen MR) is 172 cm³/mol. The van der Waals surface area contributed by atoms with Gasteiger partial charge in [0.25, 0.3) is 0 Å². The zero-order chi connectivity index (χ0) is 26.7. The van der Waals surface area contributed by atoms with Crippen molar-refractivity contribution in [2.24, 2.45) is 0 Å². The number of aryl methyl sites for hydroxylation is 2. The van der Waals surface area contributed by atoms with Crippen LogP contribution in [0.3, 0.4) is 0 Å². The van der Waals surface area contributed by atoms with Gasteiger partial charge in [0.15, 0.2) is 0 Å². The van der Waals surface area contributed by atoms with E-state index in [0.717, 1.165) is 25.7 Å². The molecule has 194 valence electrons. The molecule has 0 N–H and O–H groups in total. The Morgan fingerprint density at radius 3 is 2.27 bits per heavy atom. The third-order valence-corrected chi connectivity index (χ3v) is 10.3. The molecule has 0 bridgehead atoms. The van der Waals surface area contributed by atoms with Gasteiger partial charge in [-0.1, -0.05) is 97.1 Å². The molecule has 0 saturated carbocycles. The average molecular weight is 524 g/mol. The van der Waals surface area contributed by atoms with Crippen LogP contribution < -0.4 is 0 Å². The fraction of sp³-hybridized carbons (Fsp3) is 0.150. The van der Waals surface area contributed by atoms with E-state index in [-0.39, 0.29) is 0 Å². The zero-order valence-corrected chi connectivity index (χ0v) is 23.0. The molecule has 2 aromatic heterocycles. The Balaban J connectivity index is 1.26.